The summed E-state index contributed by atoms with van der Waals surface area (Å²) in [7, 11) is 0. The molecule has 0 bridgehead atoms. The van der Waals surface area contributed by atoms with Crippen LogP contribution in [-0.2, 0) is 16.0 Å². The van der Waals surface area contributed by atoms with Crippen LogP contribution in [0.1, 0.15) is 30.9 Å². The Labute approximate surface area is 135 Å². The first-order chi connectivity index (χ1) is 11.3. The molecule has 2 heteroatoms. The average molecular weight is 302 g/mol. The molecule has 114 valence electrons. The number of esters is 1. The third-order valence-corrected chi connectivity index (χ3v) is 4.47. The van der Waals surface area contributed by atoms with Crippen molar-refractivity contribution in [3.63, 3.8) is 0 Å². The molecule has 0 aromatic heterocycles. The van der Waals surface area contributed by atoms with E-state index in [1.165, 1.54) is 27.1 Å². The number of benzene rings is 3. The van der Waals surface area contributed by atoms with E-state index < -0.39 is 0 Å². The standard InChI is InChI=1S/C21H18O2/c1-2-5-21(22)23-20-13-12-18-17-9-8-14-6-3-4-7-15(14)16(17)10-11-19(18)20/h3-4,6-11,13H,2,5,12H2,1H3. The van der Waals surface area contributed by atoms with Crippen LogP contribution in [-0.4, -0.2) is 5.97 Å². The van der Waals surface area contributed by atoms with Gasteiger partial charge in [0.15, 0.2) is 0 Å². The van der Waals surface area contributed by atoms with E-state index in [2.05, 4.69) is 48.5 Å². The van der Waals surface area contributed by atoms with E-state index in [1.807, 2.05) is 13.0 Å². The second-order valence-corrected chi connectivity index (χ2v) is 5.97. The maximum Gasteiger partial charge on any atom is 0.311 e. The average Bonchev–Trinajstić information content (AvgIpc) is 2.98. The fourth-order valence-electron chi connectivity index (χ4n) is 3.38. The molecule has 3 aromatic carbocycles. The Balaban J connectivity index is 1.81. The van der Waals surface area contributed by atoms with Crippen molar-refractivity contribution in [1.29, 1.82) is 0 Å². The van der Waals surface area contributed by atoms with Gasteiger partial charge < -0.3 is 4.74 Å². The first-order valence-electron chi connectivity index (χ1n) is 8.12. The van der Waals surface area contributed by atoms with Crippen molar-refractivity contribution >= 4 is 33.3 Å². The van der Waals surface area contributed by atoms with Crippen molar-refractivity contribution in [3.05, 3.63) is 65.7 Å². The summed E-state index contributed by atoms with van der Waals surface area (Å²) in [5.41, 5.74) is 2.31. The number of rotatable bonds is 3. The molecule has 0 N–H and O–H groups in total. The molecule has 0 fully saturated rings. The van der Waals surface area contributed by atoms with Gasteiger partial charge in [0, 0.05) is 12.0 Å². The van der Waals surface area contributed by atoms with Crippen LogP contribution in [0.15, 0.2) is 54.6 Å². The largest absolute Gasteiger partial charge is 0.426 e. The zero-order valence-corrected chi connectivity index (χ0v) is 13.1. The highest BCUT2D eigenvalue weighted by molar-refractivity contribution is 6.09. The van der Waals surface area contributed by atoms with Gasteiger partial charge in [-0.3, -0.25) is 4.79 Å². The van der Waals surface area contributed by atoms with Gasteiger partial charge in [0.05, 0.1) is 0 Å². The van der Waals surface area contributed by atoms with Crippen LogP contribution < -0.4 is 0 Å². The summed E-state index contributed by atoms with van der Waals surface area (Å²) in [6.07, 6.45) is 4.11. The lowest BCUT2D eigenvalue weighted by Gasteiger charge is -2.11. The van der Waals surface area contributed by atoms with Gasteiger partial charge in [-0.25, -0.2) is 0 Å². The van der Waals surface area contributed by atoms with Gasteiger partial charge >= 0.3 is 5.97 Å². The van der Waals surface area contributed by atoms with Crippen LogP contribution in [0.2, 0.25) is 0 Å². The van der Waals surface area contributed by atoms with Crippen molar-refractivity contribution in [2.75, 3.05) is 0 Å². The van der Waals surface area contributed by atoms with Crippen LogP contribution >= 0.6 is 0 Å². The fourth-order valence-corrected chi connectivity index (χ4v) is 3.38. The second-order valence-electron chi connectivity index (χ2n) is 5.97. The molecule has 3 aromatic rings. The zero-order chi connectivity index (χ0) is 15.8. The smallest absolute Gasteiger partial charge is 0.311 e. The van der Waals surface area contributed by atoms with E-state index in [1.54, 1.807) is 0 Å². The van der Waals surface area contributed by atoms with E-state index >= 15 is 0 Å². The molecule has 0 saturated heterocycles. The van der Waals surface area contributed by atoms with Crippen molar-refractivity contribution in [1.82, 2.24) is 0 Å². The Kier molecular flexibility index (Phi) is 3.38. The maximum atomic E-state index is 11.8. The zero-order valence-electron chi connectivity index (χ0n) is 13.1. The predicted octanol–water partition coefficient (Wildman–Crippen LogP) is 5.23. The highest BCUT2D eigenvalue weighted by Crippen LogP contribution is 2.36. The van der Waals surface area contributed by atoms with E-state index in [9.17, 15) is 4.79 Å². The molecule has 1 aliphatic rings. The first kappa shape index (κ1) is 14.0. The minimum Gasteiger partial charge on any atom is -0.426 e. The van der Waals surface area contributed by atoms with Gasteiger partial charge in [-0.1, -0.05) is 55.5 Å². The van der Waals surface area contributed by atoms with Crippen molar-refractivity contribution in [3.8, 4) is 0 Å². The number of ether oxygens (including phenoxy) is 1. The Morgan fingerprint density at radius 1 is 1.00 bits per heavy atom. The highest BCUT2D eigenvalue weighted by Gasteiger charge is 2.20. The minimum absolute atomic E-state index is 0.148. The van der Waals surface area contributed by atoms with Gasteiger partial charge in [-0.15, -0.1) is 0 Å². The fraction of sp³-hybridized carbons (Fsp3) is 0.190. The molecule has 4 rings (SSSR count). The third kappa shape index (κ3) is 2.31. The molecule has 0 amide bonds. The molecule has 0 spiro atoms. The number of hydrogen-bond acceptors (Lipinski definition) is 2. The Bertz CT molecular complexity index is 951. The summed E-state index contributed by atoms with van der Waals surface area (Å²) in [6, 6.07) is 17.0. The molecule has 0 heterocycles. The van der Waals surface area contributed by atoms with Crippen LogP contribution in [0.25, 0.3) is 27.3 Å². The van der Waals surface area contributed by atoms with Crippen LogP contribution in [0.5, 0.6) is 0 Å². The van der Waals surface area contributed by atoms with Gasteiger partial charge in [0.25, 0.3) is 0 Å². The number of allylic oxidation sites excluding steroid dienone is 1. The molecular formula is C21H18O2. The number of carbonyl (C=O) groups is 1. The van der Waals surface area contributed by atoms with Crippen LogP contribution in [0.4, 0.5) is 0 Å². The summed E-state index contributed by atoms with van der Waals surface area (Å²) in [4.78, 5) is 11.8. The number of fused-ring (bicyclic) bond motifs is 5. The lowest BCUT2D eigenvalue weighted by Crippen LogP contribution is -2.02. The van der Waals surface area contributed by atoms with Gasteiger partial charge in [0.2, 0.25) is 0 Å². The molecule has 0 aliphatic heterocycles. The molecule has 0 radical (unpaired) electrons. The Hall–Kier alpha value is -2.61. The topological polar surface area (TPSA) is 26.3 Å². The molecule has 0 unspecified atom stereocenters. The molecule has 1 aliphatic carbocycles. The summed E-state index contributed by atoms with van der Waals surface area (Å²) >= 11 is 0. The summed E-state index contributed by atoms with van der Waals surface area (Å²) in [5.74, 6) is 0.568. The van der Waals surface area contributed by atoms with Gasteiger partial charge in [-0.2, -0.15) is 0 Å². The first-order valence-corrected chi connectivity index (χ1v) is 8.12. The second kappa shape index (κ2) is 5.54. The number of carbonyl (C=O) groups excluding carboxylic acids is 1. The molecule has 2 nitrogen and oxygen atoms in total. The van der Waals surface area contributed by atoms with Crippen LogP contribution in [0, 0.1) is 0 Å². The molecule has 23 heavy (non-hydrogen) atoms. The quantitative estimate of drug-likeness (QED) is 0.489. The lowest BCUT2D eigenvalue weighted by molar-refractivity contribution is -0.136. The third-order valence-electron chi connectivity index (χ3n) is 4.47. The number of hydrogen-bond donors (Lipinski definition) is 0. The molecule has 0 atom stereocenters. The normalized spacial score (nSPS) is 13.2. The SMILES string of the molecule is CCCC(=O)OC1=CCc2c1ccc1c2ccc2ccccc21. The van der Waals surface area contributed by atoms with E-state index in [-0.39, 0.29) is 5.97 Å². The lowest BCUT2D eigenvalue weighted by atomic mass is 9.96. The van der Waals surface area contributed by atoms with E-state index in [4.69, 9.17) is 4.74 Å². The van der Waals surface area contributed by atoms with E-state index in [0.717, 1.165) is 18.4 Å². The maximum absolute atomic E-state index is 11.8. The van der Waals surface area contributed by atoms with Gasteiger partial charge in [-0.05, 0) is 46.0 Å². The molecule has 0 saturated carbocycles. The van der Waals surface area contributed by atoms with Crippen LogP contribution in [0.3, 0.4) is 0 Å². The van der Waals surface area contributed by atoms with Crippen molar-refractivity contribution in [2.24, 2.45) is 0 Å². The van der Waals surface area contributed by atoms with Crippen molar-refractivity contribution < 1.29 is 9.53 Å². The van der Waals surface area contributed by atoms with Crippen molar-refractivity contribution in [2.45, 2.75) is 26.2 Å². The highest BCUT2D eigenvalue weighted by atomic mass is 16.5. The Morgan fingerprint density at radius 3 is 2.70 bits per heavy atom. The van der Waals surface area contributed by atoms with Gasteiger partial charge in [0.1, 0.15) is 5.76 Å². The Morgan fingerprint density at radius 2 is 1.83 bits per heavy atom. The predicted molar refractivity (Wildman–Crippen MR) is 94.1 cm³/mol. The minimum atomic E-state index is -0.148. The summed E-state index contributed by atoms with van der Waals surface area (Å²) < 4.78 is 5.54. The summed E-state index contributed by atoms with van der Waals surface area (Å²) in [5, 5.41) is 5.03. The molecular weight excluding hydrogens is 284 g/mol. The monoisotopic (exact) mass is 302 g/mol. The van der Waals surface area contributed by atoms with E-state index in [0.29, 0.717) is 12.2 Å². The summed E-state index contributed by atoms with van der Waals surface area (Å²) in [6.45, 7) is 1.98.